The molecule has 0 amide bonds. The molecular weight excluding hydrogens is 338 g/mol. The van der Waals surface area contributed by atoms with E-state index in [1.165, 1.54) is 30.3 Å². The number of fused-ring (bicyclic) bond motifs is 2. The Balaban J connectivity index is 1.82. The van der Waals surface area contributed by atoms with Crippen LogP contribution in [0.3, 0.4) is 0 Å². The minimum atomic E-state index is -0.960. The van der Waals surface area contributed by atoms with Crippen LogP contribution in [0.1, 0.15) is 0 Å². The first kappa shape index (κ1) is 16.0. The van der Waals surface area contributed by atoms with Gasteiger partial charge in [0.1, 0.15) is 23.1 Å². The topological polar surface area (TPSA) is 35.5 Å². The van der Waals surface area contributed by atoms with Crippen molar-refractivity contribution in [2.75, 3.05) is 0 Å². The summed E-state index contributed by atoms with van der Waals surface area (Å²) in [5.74, 6) is -0.450. The van der Waals surface area contributed by atoms with Gasteiger partial charge in [-0.1, -0.05) is 24.3 Å². The molecule has 0 spiro atoms. The van der Waals surface area contributed by atoms with Crippen LogP contribution >= 0.6 is 0 Å². The van der Waals surface area contributed by atoms with Gasteiger partial charge < -0.3 is 9.47 Å². The highest BCUT2D eigenvalue weighted by molar-refractivity contribution is 6.06. The monoisotopic (exact) mass is 350 g/mol. The number of hydrogen-bond acceptors (Lipinski definition) is 3. The second-order valence-corrected chi connectivity index (χ2v) is 5.70. The quantitative estimate of drug-likeness (QED) is 0.258. The number of rotatable bonds is 2. The van der Waals surface area contributed by atoms with Crippen LogP contribution in [0.25, 0.3) is 21.5 Å². The molecule has 0 aliphatic rings. The Morgan fingerprint density at radius 2 is 1.42 bits per heavy atom. The highest BCUT2D eigenvalue weighted by atomic mass is 19.1. The Morgan fingerprint density at radius 3 is 2.23 bits per heavy atom. The number of hydrogen-bond donors (Lipinski definition) is 0. The predicted molar refractivity (Wildman–Crippen MR) is 94.5 cm³/mol. The third-order valence-electron chi connectivity index (χ3n) is 3.96. The average molecular weight is 350 g/mol. The van der Waals surface area contributed by atoms with Gasteiger partial charge in [-0.15, -0.1) is 0 Å². The molecule has 0 bridgehead atoms. The normalized spacial score (nSPS) is 10.8. The molecule has 3 nitrogen and oxygen atoms in total. The van der Waals surface area contributed by atoms with Crippen LogP contribution in [0.5, 0.6) is 11.5 Å². The Kier molecular flexibility index (Phi) is 3.97. The molecule has 0 radical (unpaired) electrons. The summed E-state index contributed by atoms with van der Waals surface area (Å²) in [6, 6.07) is 18.3. The summed E-state index contributed by atoms with van der Waals surface area (Å²) in [6.07, 6.45) is -0.960. The van der Waals surface area contributed by atoms with E-state index in [-0.39, 0.29) is 5.75 Å². The Bertz CT molecular complexity index is 1120. The molecule has 4 rings (SSSR count). The van der Waals surface area contributed by atoms with Crippen LogP contribution in [-0.2, 0) is 0 Å². The summed E-state index contributed by atoms with van der Waals surface area (Å²) in [4.78, 5) is 12.2. The molecule has 4 aromatic carbocycles. The number of benzene rings is 4. The fourth-order valence-corrected chi connectivity index (χ4v) is 2.82. The van der Waals surface area contributed by atoms with Crippen LogP contribution in [-0.4, -0.2) is 6.16 Å². The van der Waals surface area contributed by atoms with E-state index in [2.05, 4.69) is 0 Å². The molecule has 0 N–H and O–H groups in total. The number of ether oxygens (including phenoxy) is 2. The van der Waals surface area contributed by atoms with Crippen LogP contribution in [0, 0.1) is 11.6 Å². The van der Waals surface area contributed by atoms with Gasteiger partial charge in [-0.2, -0.15) is 0 Å². The van der Waals surface area contributed by atoms with Crippen molar-refractivity contribution in [3.05, 3.63) is 84.4 Å². The highest BCUT2D eigenvalue weighted by Gasteiger charge is 2.16. The Hall–Kier alpha value is -3.47. The van der Waals surface area contributed by atoms with Crippen molar-refractivity contribution in [3.63, 3.8) is 0 Å². The second-order valence-electron chi connectivity index (χ2n) is 5.70. The Morgan fingerprint density at radius 1 is 0.692 bits per heavy atom. The summed E-state index contributed by atoms with van der Waals surface area (Å²) in [5, 5.41) is 2.03. The number of carbonyl (C=O) groups excluding carboxylic acids is 1. The third kappa shape index (κ3) is 3.07. The standard InChI is InChI=1S/C21H12F2O3/c22-15-8-9-18-14(11-15)10-13-6-7-16(23)12-19(13)20(18)26-21(24)25-17-4-2-1-3-5-17/h1-12H. The van der Waals surface area contributed by atoms with Crippen molar-refractivity contribution in [2.45, 2.75) is 0 Å². The average Bonchev–Trinajstić information content (AvgIpc) is 2.62. The lowest BCUT2D eigenvalue weighted by atomic mass is 10.0. The smallest absolute Gasteiger partial charge is 0.395 e. The van der Waals surface area contributed by atoms with Gasteiger partial charge in [0.25, 0.3) is 0 Å². The van der Waals surface area contributed by atoms with Crippen LogP contribution in [0.15, 0.2) is 72.8 Å². The summed E-state index contributed by atoms with van der Waals surface area (Å²) in [5.41, 5.74) is 0. The van der Waals surface area contributed by atoms with E-state index >= 15 is 0 Å². The molecule has 128 valence electrons. The summed E-state index contributed by atoms with van der Waals surface area (Å²) in [7, 11) is 0. The third-order valence-corrected chi connectivity index (χ3v) is 3.96. The van der Waals surface area contributed by atoms with E-state index < -0.39 is 17.8 Å². The molecule has 0 heterocycles. The highest BCUT2D eigenvalue weighted by Crippen LogP contribution is 2.36. The van der Waals surface area contributed by atoms with Gasteiger partial charge in [-0.05, 0) is 59.3 Å². The minimum absolute atomic E-state index is 0.123. The van der Waals surface area contributed by atoms with Gasteiger partial charge in [0.05, 0.1) is 0 Å². The molecule has 0 saturated carbocycles. The lowest BCUT2D eigenvalue weighted by Crippen LogP contribution is -2.14. The Labute approximate surface area is 147 Å². The molecule has 5 heteroatoms. The van der Waals surface area contributed by atoms with Crippen molar-refractivity contribution >= 4 is 27.7 Å². The van der Waals surface area contributed by atoms with Crippen LogP contribution in [0.4, 0.5) is 13.6 Å². The largest absolute Gasteiger partial charge is 0.519 e. The van der Waals surface area contributed by atoms with Gasteiger partial charge in [0, 0.05) is 10.8 Å². The maximum atomic E-state index is 13.7. The zero-order valence-electron chi connectivity index (χ0n) is 13.4. The molecule has 4 aromatic rings. The predicted octanol–water partition coefficient (Wildman–Crippen LogP) is 5.85. The lowest BCUT2D eigenvalue weighted by Gasteiger charge is -2.12. The summed E-state index contributed by atoms with van der Waals surface area (Å²) in [6.45, 7) is 0. The van der Waals surface area contributed by atoms with E-state index in [4.69, 9.17) is 9.47 Å². The molecule has 26 heavy (non-hydrogen) atoms. The van der Waals surface area contributed by atoms with Crippen molar-refractivity contribution in [1.29, 1.82) is 0 Å². The number of carbonyl (C=O) groups is 1. The first-order chi connectivity index (χ1) is 12.6. The number of para-hydroxylation sites is 1. The zero-order valence-corrected chi connectivity index (χ0v) is 13.4. The van der Waals surface area contributed by atoms with Gasteiger partial charge in [0.2, 0.25) is 0 Å². The summed E-state index contributed by atoms with van der Waals surface area (Å²) >= 11 is 0. The minimum Gasteiger partial charge on any atom is -0.395 e. The first-order valence-electron chi connectivity index (χ1n) is 7.86. The van der Waals surface area contributed by atoms with E-state index in [1.54, 1.807) is 42.5 Å². The maximum Gasteiger partial charge on any atom is 0.519 e. The van der Waals surface area contributed by atoms with Crippen molar-refractivity contribution in [2.24, 2.45) is 0 Å². The van der Waals surface area contributed by atoms with E-state index in [0.29, 0.717) is 27.3 Å². The van der Waals surface area contributed by atoms with Gasteiger partial charge in [0.15, 0.2) is 0 Å². The molecule has 0 unspecified atom stereocenters. The number of halogens is 2. The second kappa shape index (κ2) is 6.44. The fourth-order valence-electron chi connectivity index (χ4n) is 2.82. The SMILES string of the molecule is O=C(Oc1ccccc1)Oc1c2ccc(F)cc2cc2ccc(F)cc12. The van der Waals surface area contributed by atoms with Crippen molar-refractivity contribution in [3.8, 4) is 11.5 Å². The van der Waals surface area contributed by atoms with Gasteiger partial charge >= 0.3 is 6.16 Å². The molecule has 0 aliphatic heterocycles. The van der Waals surface area contributed by atoms with E-state index in [1.807, 2.05) is 0 Å². The molecule has 0 saturated heterocycles. The zero-order chi connectivity index (χ0) is 18.1. The maximum absolute atomic E-state index is 13.7. The van der Waals surface area contributed by atoms with Gasteiger partial charge in [-0.3, -0.25) is 0 Å². The molecule has 0 aliphatic carbocycles. The summed E-state index contributed by atoms with van der Waals surface area (Å²) < 4.78 is 37.9. The first-order valence-corrected chi connectivity index (χ1v) is 7.86. The lowest BCUT2D eigenvalue weighted by molar-refractivity contribution is 0.153. The fraction of sp³-hybridized carbons (Fsp3) is 0. The molecule has 0 aromatic heterocycles. The molecule has 0 fully saturated rings. The molecule has 0 atom stereocenters. The molecular formula is C21H12F2O3. The van der Waals surface area contributed by atoms with Gasteiger partial charge in [-0.25, -0.2) is 13.6 Å². The van der Waals surface area contributed by atoms with E-state index in [0.717, 1.165) is 0 Å². The van der Waals surface area contributed by atoms with Crippen molar-refractivity contribution < 1.29 is 23.0 Å². The van der Waals surface area contributed by atoms with Crippen molar-refractivity contribution in [1.82, 2.24) is 0 Å². The van der Waals surface area contributed by atoms with Crippen LogP contribution < -0.4 is 9.47 Å². The van der Waals surface area contributed by atoms with E-state index in [9.17, 15) is 13.6 Å². The van der Waals surface area contributed by atoms with Crippen LogP contribution in [0.2, 0.25) is 0 Å².